The van der Waals surface area contributed by atoms with Crippen LogP contribution < -0.4 is 4.74 Å². The van der Waals surface area contributed by atoms with Gasteiger partial charge < -0.3 is 19.5 Å². The highest BCUT2D eigenvalue weighted by atomic mass is 16.5. The van der Waals surface area contributed by atoms with Crippen LogP contribution in [0.1, 0.15) is 12.5 Å². The number of ether oxygens (including phenoxy) is 2. The van der Waals surface area contributed by atoms with Crippen molar-refractivity contribution in [3.05, 3.63) is 29.8 Å². The topological polar surface area (TPSA) is 76.1 Å². The molecule has 0 aromatic heterocycles. The maximum atomic E-state index is 12.3. The molecule has 6 heteroatoms. The Morgan fingerprint density at radius 3 is 2.71 bits per heavy atom. The second kappa shape index (κ2) is 7.08. The lowest BCUT2D eigenvalue weighted by molar-refractivity contribution is -0.158. The van der Waals surface area contributed by atoms with Crippen LogP contribution in [0.2, 0.25) is 0 Å². The summed E-state index contributed by atoms with van der Waals surface area (Å²) in [5.41, 5.74) is 0.832. The third kappa shape index (κ3) is 3.95. The van der Waals surface area contributed by atoms with E-state index in [1.807, 2.05) is 19.1 Å². The van der Waals surface area contributed by atoms with Gasteiger partial charge in [-0.1, -0.05) is 12.1 Å². The molecule has 1 N–H and O–H groups in total. The summed E-state index contributed by atoms with van der Waals surface area (Å²) in [7, 11) is 0. The van der Waals surface area contributed by atoms with E-state index in [1.54, 1.807) is 12.1 Å². The molecule has 1 amide bonds. The van der Waals surface area contributed by atoms with Crippen LogP contribution in [0.15, 0.2) is 24.3 Å². The summed E-state index contributed by atoms with van der Waals surface area (Å²) in [5.74, 6) is -0.479. The third-order valence-electron chi connectivity index (χ3n) is 3.32. The van der Waals surface area contributed by atoms with Crippen LogP contribution in [-0.2, 0) is 20.7 Å². The van der Waals surface area contributed by atoms with E-state index in [0.717, 1.165) is 11.3 Å². The van der Waals surface area contributed by atoms with E-state index in [0.29, 0.717) is 19.8 Å². The van der Waals surface area contributed by atoms with Gasteiger partial charge in [-0.15, -0.1) is 0 Å². The highest BCUT2D eigenvalue weighted by Crippen LogP contribution is 2.15. The molecule has 6 nitrogen and oxygen atoms in total. The van der Waals surface area contributed by atoms with E-state index >= 15 is 0 Å². The van der Waals surface area contributed by atoms with E-state index in [2.05, 4.69) is 0 Å². The maximum absolute atomic E-state index is 12.3. The minimum atomic E-state index is -1.03. The SMILES string of the molecule is CCOc1ccc(CC(=O)N2CCOC[C@@H]2C(=O)O)cc1. The van der Waals surface area contributed by atoms with Crippen molar-refractivity contribution in [3.63, 3.8) is 0 Å². The molecule has 1 aliphatic rings. The van der Waals surface area contributed by atoms with Crippen molar-refractivity contribution in [2.75, 3.05) is 26.4 Å². The van der Waals surface area contributed by atoms with Crippen molar-refractivity contribution in [3.8, 4) is 5.75 Å². The van der Waals surface area contributed by atoms with Gasteiger partial charge in [-0.3, -0.25) is 4.79 Å². The average Bonchev–Trinajstić information content (AvgIpc) is 2.49. The van der Waals surface area contributed by atoms with Crippen LogP contribution >= 0.6 is 0 Å². The number of benzene rings is 1. The van der Waals surface area contributed by atoms with Crippen molar-refractivity contribution in [1.29, 1.82) is 0 Å². The number of aliphatic carboxylic acids is 1. The third-order valence-corrected chi connectivity index (χ3v) is 3.32. The lowest BCUT2D eigenvalue weighted by Crippen LogP contribution is -2.53. The van der Waals surface area contributed by atoms with E-state index in [9.17, 15) is 9.59 Å². The highest BCUT2D eigenvalue weighted by Gasteiger charge is 2.32. The second-order valence-corrected chi connectivity index (χ2v) is 4.77. The number of hydrogen-bond acceptors (Lipinski definition) is 4. The number of nitrogens with zero attached hydrogens (tertiary/aromatic N) is 1. The Labute approximate surface area is 123 Å². The minimum Gasteiger partial charge on any atom is -0.494 e. The molecule has 1 fully saturated rings. The number of morpholine rings is 1. The summed E-state index contributed by atoms with van der Waals surface area (Å²) in [5, 5.41) is 9.13. The fourth-order valence-electron chi connectivity index (χ4n) is 2.25. The van der Waals surface area contributed by atoms with Crippen LogP contribution in [0.25, 0.3) is 0 Å². The lowest BCUT2D eigenvalue weighted by Gasteiger charge is -2.32. The van der Waals surface area contributed by atoms with Gasteiger partial charge in [0.1, 0.15) is 5.75 Å². The molecule has 1 aromatic rings. The summed E-state index contributed by atoms with van der Waals surface area (Å²) in [6.45, 7) is 3.23. The van der Waals surface area contributed by atoms with Crippen molar-refractivity contribution < 1.29 is 24.2 Å². The first kappa shape index (κ1) is 15.3. The van der Waals surface area contributed by atoms with Gasteiger partial charge in [-0.25, -0.2) is 4.79 Å². The summed E-state index contributed by atoms with van der Waals surface area (Å²) in [6.07, 6.45) is 0.177. The van der Waals surface area contributed by atoms with Crippen LogP contribution in [0.3, 0.4) is 0 Å². The van der Waals surface area contributed by atoms with Gasteiger partial charge in [0.25, 0.3) is 0 Å². The number of rotatable bonds is 5. The first-order valence-corrected chi connectivity index (χ1v) is 6.93. The second-order valence-electron chi connectivity index (χ2n) is 4.77. The Hall–Kier alpha value is -2.08. The van der Waals surface area contributed by atoms with Crippen LogP contribution in [-0.4, -0.2) is 54.3 Å². The molecule has 114 valence electrons. The number of carbonyl (C=O) groups excluding carboxylic acids is 1. The molecule has 0 spiro atoms. The lowest BCUT2D eigenvalue weighted by atomic mass is 10.1. The fraction of sp³-hybridized carbons (Fsp3) is 0.467. The van der Waals surface area contributed by atoms with Crippen molar-refractivity contribution >= 4 is 11.9 Å². The van der Waals surface area contributed by atoms with E-state index < -0.39 is 12.0 Å². The molecule has 0 saturated carbocycles. The Morgan fingerprint density at radius 2 is 2.10 bits per heavy atom. The molecular weight excluding hydrogens is 274 g/mol. The number of carbonyl (C=O) groups is 2. The largest absolute Gasteiger partial charge is 0.494 e. The molecule has 1 aromatic carbocycles. The molecule has 0 unspecified atom stereocenters. The average molecular weight is 293 g/mol. The molecule has 2 rings (SSSR count). The van der Waals surface area contributed by atoms with Crippen LogP contribution in [0.5, 0.6) is 5.75 Å². The molecule has 0 radical (unpaired) electrons. The summed E-state index contributed by atoms with van der Waals surface area (Å²) in [6, 6.07) is 6.35. The Bertz CT molecular complexity index is 499. The maximum Gasteiger partial charge on any atom is 0.328 e. The van der Waals surface area contributed by atoms with E-state index in [-0.39, 0.29) is 18.9 Å². The Balaban J connectivity index is 2.00. The van der Waals surface area contributed by atoms with Crippen molar-refractivity contribution in [2.45, 2.75) is 19.4 Å². The van der Waals surface area contributed by atoms with Gasteiger partial charge in [0.15, 0.2) is 6.04 Å². The van der Waals surface area contributed by atoms with Gasteiger partial charge in [-0.05, 0) is 24.6 Å². The molecule has 1 aliphatic heterocycles. The van der Waals surface area contributed by atoms with Gasteiger partial charge in [0, 0.05) is 6.54 Å². The van der Waals surface area contributed by atoms with Gasteiger partial charge in [-0.2, -0.15) is 0 Å². The molecule has 0 aliphatic carbocycles. The number of hydrogen-bond donors (Lipinski definition) is 1. The first-order valence-electron chi connectivity index (χ1n) is 6.93. The monoisotopic (exact) mass is 293 g/mol. The molecule has 21 heavy (non-hydrogen) atoms. The standard InChI is InChI=1S/C15H19NO5/c1-2-21-12-5-3-11(4-6-12)9-14(17)16-7-8-20-10-13(16)15(18)19/h3-6,13H,2,7-10H2,1H3,(H,18,19)/t13-/m1/s1. The molecule has 1 heterocycles. The predicted molar refractivity (Wildman–Crippen MR) is 75.3 cm³/mol. The van der Waals surface area contributed by atoms with Crippen LogP contribution in [0, 0.1) is 0 Å². The van der Waals surface area contributed by atoms with Crippen molar-refractivity contribution in [2.24, 2.45) is 0 Å². The number of carboxylic acid groups (broad SMARTS) is 1. The summed E-state index contributed by atoms with van der Waals surface area (Å²) >= 11 is 0. The Kier molecular flexibility index (Phi) is 5.16. The highest BCUT2D eigenvalue weighted by molar-refractivity contribution is 5.85. The zero-order chi connectivity index (χ0) is 15.2. The molecule has 1 atom stereocenters. The summed E-state index contributed by atoms with van der Waals surface area (Å²) < 4.78 is 10.5. The fourth-order valence-corrected chi connectivity index (χ4v) is 2.25. The van der Waals surface area contributed by atoms with E-state index in [4.69, 9.17) is 14.6 Å². The van der Waals surface area contributed by atoms with Gasteiger partial charge in [0.05, 0.1) is 26.2 Å². The first-order chi connectivity index (χ1) is 10.1. The minimum absolute atomic E-state index is 0.0460. The number of carboxylic acids is 1. The number of amides is 1. The zero-order valence-electron chi connectivity index (χ0n) is 11.9. The van der Waals surface area contributed by atoms with Gasteiger partial charge in [0.2, 0.25) is 5.91 Å². The smallest absolute Gasteiger partial charge is 0.328 e. The quantitative estimate of drug-likeness (QED) is 0.874. The van der Waals surface area contributed by atoms with Gasteiger partial charge >= 0.3 is 5.97 Å². The van der Waals surface area contributed by atoms with Crippen molar-refractivity contribution in [1.82, 2.24) is 4.90 Å². The van der Waals surface area contributed by atoms with Crippen LogP contribution in [0.4, 0.5) is 0 Å². The molecular formula is C15H19NO5. The summed E-state index contributed by atoms with van der Waals surface area (Å²) in [4.78, 5) is 24.8. The molecule has 0 bridgehead atoms. The van der Waals surface area contributed by atoms with E-state index in [1.165, 1.54) is 4.90 Å². The predicted octanol–water partition coefficient (Wildman–Crippen LogP) is 0.940. The Morgan fingerprint density at radius 1 is 1.38 bits per heavy atom. The molecule has 1 saturated heterocycles. The normalized spacial score (nSPS) is 18.3. The zero-order valence-corrected chi connectivity index (χ0v) is 11.9.